The summed E-state index contributed by atoms with van der Waals surface area (Å²) in [4.78, 5) is 11.7. The van der Waals surface area contributed by atoms with Gasteiger partial charge >= 0.3 is 0 Å². The molecule has 1 aliphatic rings. The Morgan fingerprint density at radius 3 is 2.78 bits per heavy atom. The first-order valence-electron chi connectivity index (χ1n) is 6.09. The smallest absolute Gasteiger partial charge is 0.237 e. The molecule has 1 heterocycles. The molecule has 2 rings (SSSR count). The van der Waals surface area contributed by atoms with Crippen LogP contribution in [0, 0.1) is 0 Å². The number of β-amino-alcohol motifs (C(OH)–C–C–N with tert-alkyl or cyclic N) is 1. The molecule has 1 aromatic rings. The Balaban J connectivity index is 1.79. The van der Waals surface area contributed by atoms with E-state index >= 15 is 0 Å². The van der Waals surface area contributed by atoms with Crippen molar-refractivity contribution in [1.29, 1.82) is 0 Å². The van der Waals surface area contributed by atoms with Crippen LogP contribution in [0.5, 0.6) is 0 Å². The van der Waals surface area contributed by atoms with Gasteiger partial charge < -0.3 is 20.8 Å². The zero-order valence-corrected chi connectivity index (χ0v) is 10.0. The maximum absolute atomic E-state index is 11.7. The fraction of sp³-hybridized carbons (Fsp3) is 0.462. The molecule has 3 atom stereocenters. The topological polar surface area (TPSA) is 81.6 Å². The normalized spacial score (nSPS) is 24.8. The Labute approximate surface area is 106 Å². The predicted octanol–water partition coefficient (Wildman–Crippen LogP) is -0.441. The quantitative estimate of drug-likeness (QED) is 0.584. The maximum atomic E-state index is 11.7. The molecule has 4 N–H and O–H groups in total. The summed E-state index contributed by atoms with van der Waals surface area (Å²) in [6.07, 6.45) is -0.742. The third-order valence-electron chi connectivity index (χ3n) is 3.08. The van der Waals surface area contributed by atoms with E-state index in [0.717, 1.165) is 5.56 Å². The SMILES string of the molecule is O=C(NC[C@@H](O)c1ccccc1)C1CC(O)CN1. The van der Waals surface area contributed by atoms with Gasteiger partial charge in [-0.1, -0.05) is 30.3 Å². The van der Waals surface area contributed by atoms with Crippen molar-refractivity contribution in [3.8, 4) is 0 Å². The van der Waals surface area contributed by atoms with Gasteiger partial charge in [-0.3, -0.25) is 4.79 Å². The summed E-state index contributed by atoms with van der Waals surface area (Å²) in [5, 5.41) is 24.8. The molecule has 0 aliphatic carbocycles. The second-order valence-electron chi connectivity index (χ2n) is 4.52. The molecule has 1 amide bonds. The van der Waals surface area contributed by atoms with Gasteiger partial charge in [-0.2, -0.15) is 0 Å². The van der Waals surface area contributed by atoms with E-state index in [1.54, 1.807) is 0 Å². The second-order valence-corrected chi connectivity index (χ2v) is 4.52. The van der Waals surface area contributed by atoms with Crippen molar-refractivity contribution in [1.82, 2.24) is 10.6 Å². The van der Waals surface area contributed by atoms with E-state index in [2.05, 4.69) is 10.6 Å². The molecule has 1 saturated heterocycles. The zero-order valence-electron chi connectivity index (χ0n) is 10.0. The predicted molar refractivity (Wildman–Crippen MR) is 66.8 cm³/mol. The number of hydrogen-bond acceptors (Lipinski definition) is 4. The van der Waals surface area contributed by atoms with Crippen molar-refractivity contribution in [2.75, 3.05) is 13.1 Å². The van der Waals surface area contributed by atoms with Crippen LogP contribution < -0.4 is 10.6 Å². The van der Waals surface area contributed by atoms with E-state index in [9.17, 15) is 15.0 Å². The van der Waals surface area contributed by atoms with Crippen molar-refractivity contribution in [3.05, 3.63) is 35.9 Å². The third kappa shape index (κ3) is 3.29. The molecular weight excluding hydrogens is 232 g/mol. The lowest BCUT2D eigenvalue weighted by atomic mass is 10.1. The van der Waals surface area contributed by atoms with Gasteiger partial charge in [0.15, 0.2) is 0 Å². The molecular formula is C13H18N2O3. The first-order valence-corrected chi connectivity index (χ1v) is 6.09. The van der Waals surface area contributed by atoms with Gasteiger partial charge in [0.1, 0.15) is 0 Å². The molecule has 98 valence electrons. The molecule has 0 radical (unpaired) electrons. The molecule has 1 fully saturated rings. The minimum Gasteiger partial charge on any atom is -0.392 e. The number of nitrogens with one attached hydrogen (secondary N) is 2. The highest BCUT2D eigenvalue weighted by atomic mass is 16.3. The van der Waals surface area contributed by atoms with Crippen molar-refractivity contribution in [2.45, 2.75) is 24.7 Å². The summed E-state index contributed by atoms with van der Waals surface area (Å²) < 4.78 is 0. The molecule has 1 aromatic carbocycles. The Morgan fingerprint density at radius 1 is 1.44 bits per heavy atom. The number of hydrogen-bond donors (Lipinski definition) is 4. The van der Waals surface area contributed by atoms with Crippen molar-refractivity contribution < 1.29 is 15.0 Å². The summed E-state index contributed by atoms with van der Waals surface area (Å²) in [6, 6.07) is 8.83. The number of rotatable bonds is 4. The molecule has 5 heteroatoms. The average molecular weight is 250 g/mol. The van der Waals surface area contributed by atoms with Crippen LogP contribution in [0.4, 0.5) is 0 Å². The van der Waals surface area contributed by atoms with Crippen LogP contribution in [-0.4, -0.2) is 41.4 Å². The van der Waals surface area contributed by atoms with E-state index in [-0.39, 0.29) is 18.5 Å². The number of carbonyl (C=O) groups is 1. The molecule has 0 spiro atoms. The van der Waals surface area contributed by atoms with E-state index in [4.69, 9.17) is 0 Å². The van der Waals surface area contributed by atoms with Crippen LogP contribution in [0.25, 0.3) is 0 Å². The first-order chi connectivity index (χ1) is 8.66. The summed E-state index contributed by atoms with van der Waals surface area (Å²) in [7, 11) is 0. The van der Waals surface area contributed by atoms with Crippen molar-refractivity contribution in [3.63, 3.8) is 0 Å². The molecule has 18 heavy (non-hydrogen) atoms. The summed E-state index contributed by atoms with van der Waals surface area (Å²) >= 11 is 0. The molecule has 5 nitrogen and oxygen atoms in total. The van der Waals surface area contributed by atoms with Crippen LogP contribution >= 0.6 is 0 Å². The van der Waals surface area contributed by atoms with Crippen LogP contribution in [-0.2, 0) is 4.79 Å². The number of aliphatic hydroxyl groups is 2. The fourth-order valence-electron chi connectivity index (χ4n) is 2.03. The molecule has 0 bridgehead atoms. The lowest BCUT2D eigenvalue weighted by Crippen LogP contribution is -2.41. The number of carbonyl (C=O) groups excluding carboxylic acids is 1. The third-order valence-corrected chi connectivity index (χ3v) is 3.08. The van der Waals surface area contributed by atoms with Crippen molar-refractivity contribution in [2.24, 2.45) is 0 Å². The van der Waals surface area contributed by atoms with Crippen LogP contribution in [0.15, 0.2) is 30.3 Å². The Kier molecular flexibility index (Phi) is 4.30. The number of amides is 1. The van der Waals surface area contributed by atoms with Gasteiger partial charge in [0.05, 0.1) is 18.2 Å². The Hall–Kier alpha value is -1.43. The minimum atomic E-state index is -0.707. The fourth-order valence-corrected chi connectivity index (χ4v) is 2.03. The summed E-state index contributed by atoms with van der Waals surface area (Å²) in [5.74, 6) is -0.179. The van der Waals surface area contributed by atoms with E-state index in [1.165, 1.54) is 0 Å². The second kappa shape index (κ2) is 5.95. The zero-order chi connectivity index (χ0) is 13.0. The number of benzene rings is 1. The molecule has 0 saturated carbocycles. The highest BCUT2D eigenvalue weighted by Crippen LogP contribution is 2.11. The average Bonchev–Trinajstić information content (AvgIpc) is 2.83. The van der Waals surface area contributed by atoms with Crippen molar-refractivity contribution >= 4 is 5.91 Å². The maximum Gasteiger partial charge on any atom is 0.237 e. The van der Waals surface area contributed by atoms with Crippen LogP contribution in [0.2, 0.25) is 0 Å². The summed E-state index contributed by atoms with van der Waals surface area (Å²) in [5.41, 5.74) is 0.775. The standard InChI is InChI=1S/C13H18N2O3/c16-10-6-11(14-7-10)13(18)15-8-12(17)9-4-2-1-3-5-9/h1-5,10-12,14,16-17H,6-8H2,(H,15,18)/t10?,11?,12-/m1/s1. The highest BCUT2D eigenvalue weighted by molar-refractivity contribution is 5.82. The number of aliphatic hydroxyl groups excluding tert-OH is 2. The largest absolute Gasteiger partial charge is 0.392 e. The van der Waals surface area contributed by atoms with Crippen LogP contribution in [0.1, 0.15) is 18.1 Å². The lowest BCUT2D eigenvalue weighted by Gasteiger charge is -2.15. The first kappa shape index (κ1) is 13.0. The van der Waals surface area contributed by atoms with E-state index in [0.29, 0.717) is 13.0 Å². The lowest BCUT2D eigenvalue weighted by molar-refractivity contribution is -0.123. The van der Waals surface area contributed by atoms with E-state index < -0.39 is 12.2 Å². The molecule has 1 aliphatic heterocycles. The summed E-state index contributed by atoms with van der Waals surface area (Å²) in [6.45, 7) is 0.621. The van der Waals surface area contributed by atoms with Crippen LogP contribution in [0.3, 0.4) is 0 Å². The molecule has 0 aromatic heterocycles. The monoisotopic (exact) mass is 250 g/mol. The van der Waals surface area contributed by atoms with Gasteiger partial charge in [-0.15, -0.1) is 0 Å². The Bertz CT molecular complexity index is 396. The van der Waals surface area contributed by atoms with Gasteiger partial charge in [0, 0.05) is 13.1 Å². The Morgan fingerprint density at radius 2 is 2.17 bits per heavy atom. The van der Waals surface area contributed by atoms with Gasteiger partial charge in [-0.05, 0) is 12.0 Å². The minimum absolute atomic E-state index is 0.178. The highest BCUT2D eigenvalue weighted by Gasteiger charge is 2.28. The van der Waals surface area contributed by atoms with E-state index in [1.807, 2.05) is 30.3 Å². The van der Waals surface area contributed by atoms with Gasteiger partial charge in [-0.25, -0.2) is 0 Å². The molecule has 2 unspecified atom stereocenters. The van der Waals surface area contributed by atoms with Gasteiger partial charge in [0.2, 0.25) is 5.91 Å². The van der Waals surface area contributed by atoms with Gasteiger partial charge in [0.25, 0.3) is 0 Å².